The van der Waals surface area contributed by atoms with E-state index in [0.717, 1.165) is 24.9 Å². The Balaban J connectivity index is 1.67. The lowest BCUT2D eigenvalue weighted by Crippen LogP contribution is -2.41. The van der Waals surface area contributed by atoms with E-state index in [2.05, 4.69) is 31.0 Å². The molecule has 1 saturated carbocycles. The zero-order valence-electron chi connectivity index (χ0n) is 13.7. The van der Waals surface area contributed by atoms with Gasteiger partial charge in [0.1, 0.15) is 5.02 Å². The van der Waals surface area contributed by atoms with E-state index >= 15 is 0 Å². The van der Waals surface area contributed by atoms with Crippen LogP contribution in [0.2, 0.25) is 5.02 Å². The molecule has 1 amide bonds. The van der Waals surface area contributed by atoms with Crippen LogP contribution in [0.5, 0.6) is 0 Å². The van der Waals surface area contributed by atoms with E-state index in [-0.39, 0.29) is 12.1 Å². The normalized spacial score (nSPS) is 20.1. The molecular formula is C15H20ClN7O2. The standard InChI is InChI=1S/C15H20ClN7O2/c1-23-8-11(6-18-23)20-14-17-7-12(16)13(22-14)19-9-3-2-4-10(5-9)21-15(24)25/h6-10,21H,2-5H2,1H3,(H,24,25)(H2,17,19,20,22). The van der Waals surface area contributed by atoms with Crippen molar-refractivity contribution in [3.05, 3.63) is 23.6 Å². The first-order valence-corrected chi connectivity index (χ1v) is 8.41. The van der Waals surface area contributed by atoms with Crippen LogP contribution in [0.4, 0.5) is 22.2 Å². The minimum Gasteiger partial charge on any atom is -0.465 e. The summed E-state index contributed by atoms with van der Waals surface area (Å²) in [5.74, 6) is 0.944. The number of anilines is 3. The summed E-state index contributed by atoms with van der Waals surface area (Å²) in [6, 6.07) is 0.0431. The summed E-state index contributed by atoms with van der Waals surface area (Å²) in [6.07, 6.45) is 7.44. The highest BCUT2D eigenvalue weighted by atomic mass is 35.5. The SMILES string of the molecule is Cn1cc(Nc2ncc(Cl)c(NC3CCCC(NC(=O)O)C3)n2)cn1. The topological polar surface area (TPSA) is 117 Å². The molecule has 2 heterocycles. The van der Waals surface area contributed by atoms with E-state index in [9.17, 15) is 4.79 Å². The third-order valence-electron chi connectivity index (χ3n) is 4.05. The maximum Gasteiger partial charge on any atom is 0.404 e. The molecule has 2 aromatic heterocycles. The van der Waals surface area contributed by atoms with Gasteiger partial charge in [-0.1, -0.05) is 11.6 Å². The summed E-state index contributed by atoms with van der Waals surface area (Å²) in [7, 11) is 1.82. The first kappa shape index (κ1) is 17.3. The van der Waals surface area contributed by atoms with Crippen molar-refractivity contribution < 1.29 is 9.90 Å². The molecule has 2 aromatic rings. The van der Waals surface area contributed by atoms with Crippen molar-refractivity contribution in [2.45, 2.75) is 37.8 Å². The van der Waals surface area contributed by atoms with Crippen LogP contribution in [0.3, 0.4) is 0 Å². The molecular weight excluding hydrogens is 346 g/mol. The monoisotopic (exact) mass is 365 g/mol. The van der Waals surface area contributed by atoms with Crippen LogP contribution in [-0.2, 0) is 7.05 Å². The van der Waals surface area contributed by atoms with Crippen LogP contribution in [0, 0.1) is 0 Å². The maximum atomic E-state index is 10.8. The smallest absolute Gasteiger partial charge is 0.404 e. The maximum absolute atomic E-state index is 10.8. The number of nitrogens with one attached hydrogen (secondary N) is 3. The van der Waals surface area contributed by atoms with Crippen LogP contribution in [-0.4, -0.2) is 43.0 Å². The number of hydrogen-bond donors (Lipinski definition) is 4. The van der Waals surface area contributed by atoms with Crippen LogP contribution in [0.1, 0.15) is 25.7 Å². The molecule has 4 N–H and O–H groups in total. The van der Waals surface area contributed by atoms with Gasteiger partial charge in [0, 0.05) is 25.3 Å². The first-order chi connectivity index (χ1) is 12.0. The highest BCUT2D eigenvalue weighted by molar-refractivity contribution is 6.32. The number of rotatable bonds is 5. The Morgan fingerprint density at radius 1 is 1.36 bits per heavy atom. The van der Waals surface area contributed by atoms with Crippen molar-refractivity contribution in [3.8, 4) is 0 Å². The molecule has 0 spiro atoms. The second kappa shape index (κ2) is 7.56. The molecule has 10 heteroatoms. The molecule has 1 aliphatic carbocycles. The van der Waals surface area contributed by atoms with Gasteiger partial charge in [-0.15, -0.1) is 0 Å². The van der Waals surface area contributed by atoms with Crippen molar-refractivity contribution in [2.75, 3.05) is 10.6 Å². The lowest BCUT2D eigenvalue weighted by molar-refractivity contribution is 0.185. The second-order valence-corrected chi connectivity index (χ2v) is 6.48. The summed E-state index contributed by atoms with van der Waals surface area (Å²) in [4.78, 5) is 19.4. The molecule has 0 saturated heterocycles. The Bertz CT molecular complexity index is 751. The van der Waals surface area contributed by atoms with E-state index in [4.69, 9.17) is 16.7 Å². The van der Waals surface area contributed by atoms with Gasteiger partial charge >= 0.3 is 6.09 Å². The highest BCUT2D eigenvalue weighted by Gasteiger charge is 2.24. The van der Waals surface area contributed by atoms with Crippen molar-refractivity contribution in [3.63, 3.8) is 0 Å². The number of halogens is 1. The van der Waals surface area contributed by atoms with Crippen LogP contribution in [0.15, 0.2) is 18.6 Å². The molecule has 0 bridgehead atoms. The molecule has 0 aliphatic heterocycles. The van der Waals surface area contributed by atoms with Gasteiger partial charge in [-0.3, -0.25) is 4.68 Å². The van der Waals surface area contributed by atoms with Gasteiger partial charge < -0.3 is 21.1 Å². The van der Waals surface area contributed by atoms with E-state index in [1.54, 1.807) is 10.9 Å². The van der Waals surface area contributed by atoms with E-state index in [0.29, 0.717) is 23.2 Å². The molecule has 2 unspecified atom stereocenters. The predicted octanol–water partition coefficient (Wildman–Crippen LogP) is 2.60. The summed E-state index contributed by atoms with van der Waals surface area (Å²) in [5, 5.41) is 22.3. The Hall–Kier alpha value is -2.55. The molecule has 1 aliphatic rings. The zero-order valence-corrected chi connectivity index (χ0v) is 14.5. The molecule has 0 aromatic carbocycles. The van der Waals surface area contributed by atoms with Crippen molar-refractivity contribution in [1.82, 2.24) is 25.1 Å². The van der Waals surface area contributed by atoms with Gasteiger partial charge in [0.2, 0.25) is 5.95 Å². The Morgan fingerprint density at radius 3 is 2.88 bits per heavy atom. The average Bonchev–Trinajstić information content (AvgIpc) is 2.95. The second-order valence-electron chi connectivity index (χ2n) is 6.07. The lowest BCUT2D eigenvalue weighted by atomic mass is 9.91. The van der Waals surface area contributed by atoms with Crippen LogP contribution >= 0.6 is 11.6 Å². The molecule has 2 atom stereocenters. The summed E-state index contributed by atoms with van der Waals surface area (Å²) < 4.78 is 1.68. The summed E-state index contributed by atoms with van der Waals surface area (Å²) >= 11 is 6.20. The Labute approximate surface area is 149 Å². The molecule has 9 nitrogen and oxygen atoms in total. The quantitative estimate of drug-likeness (QED) is 0.643. The van der Waals surface area contributed by atoms with Crippen LogP contribution < -0.4 is 16.0 Å². The Kier molecular flexibility index (Phi) is 5.22. The minimum absolute atomic E-state index is 0.0580. The third-order valence-corrected chi connectivity index (χ3v) is 4.32. The number of nitrogens with zero attached hydrogens (tertiary/aromatic N) is 4. The molecule has 25 heavy (non-hydrogen) atoms. The zero-order chi connectivity index (χ0) is 17.8. The van der Waals surface area contributed by atoms with Gasteiger partial charge in [0.15, 0.2) is 5.82 Å². The number of aromatic nitrogens is 4. The molecule has 3 rings (SSSR count). The fraction of sp³-hybridized carbons (Fsp3) is 0.467. The number of amides is 1. The van der Waals surface area contributed by atoms with Gasteiger partial charge in [0.25, 0.3) is 0 Å². The van der Waals surface area contributed by atoms with Gasteiger partial charge in [0.05, 0.1) is 18.1 Å². The van der Waals surface area contributed by atoms with E-state index in [1.165, 1.54) is 6.20 Å². The largest absolute Gasteiger partial charge is 0.465 e. The lowest BCUT2D eigenvalue weighted by Gasteiger charge is -2.30. The molecule has 134 valence electrons. The molecule has 1 fully saturated rings. The Morgan fingerprint density at radius 2 is 2.16 bits per heavy atom. The fourth-order valence-corrected chi connectivity index (χ4v) is 3.11. The predicted molar refractivity (Wildman–Crippen MR) is 94.4 cm³/mol. The van der Waals surface area contributed by atoms with Gasteiger partial charge in [-0.2, -0.15) is 10.1 Å². The van der Waals surface area contributed by atoms with Gasteiger partial charge in [-0.05, 0) is 25.7 Å². The summed E-state index contributed by atoms with van der Waals surface area (Å²) in [5.41, 5.74) is 0.777. The average molecular weight is 366 g/mol. The van der Waals surface area contributed by atoms with E-state index < -0.39 is 6.09 Å². The highest BCUT2D eigenvalue weighted by Crippen LogP contribution is 2.26. The van der Waals surface area contributed by atoms with E-state index in [1.807, 2.05) is 13.2 Å². The minimum atomic E-state index is -0.992. The van der Waals surface area contributed by atoms with Crippen molar-refractivity contribution in [2.24, 2.45) is 7.05 Å². The van der Waals surface area contributed by atoms with Crippen LogP contribution in [0.25, 0.3) is 0 Å². The van der Waals surface area contributed by atoms with Gasteiger partial charge in [-0.25, -0.2) is 9.78 Å². The van der Waals surface area contributed by atoms with Crippen molar-refractivity contribution in [1.29, 1.82) is 0 Å². The number of carboxylic acid groups (broad SMARTS) is 1. The molecule has 0 radical (unpaired) electrons. The first-order valence-electron chi connectivity index (χ1n) is 8.04. The number of hydrogen-bond acceptors (Lipinski definition) is 6. The third kappa shape index (κ3) is 4.72. The fourth-order valence-electron chi connectivity index (χ4n) is 2.96. The number of aryl methyl sites for hydroxylation is 1. The summed E-state index contributed by atoms with van der Waals surface area (Å²) in [6.45, 7) is 0. The number of carbonyl (C=O) groups is 1. The van der Waals surface area contributed by atoms with Crippen molar-refractivity contribution >= 4 is 35.1 Å².